The molecule has 0 radical (unpaired) electrons. The van der Waals surface area contributed by atoms with E-state index in [4.69, 9.17) is 9.84 Å². The number of fused-ring (bicyclic) bond motifs is 3. The Balaban J connectivity index is 1.63. The van der Waals surface area contributed by atoms with Gasteiger partial charge in [0.05, 0.1) is 23.0 Å². The predicted octanol–water partition coefficient (Wildman–Crippen LogP) is 4.93. The van der Waals surface area contributed by atoms with Crippen LogP contribution in [0.25, 0.3) is 16.9 Å². The Labute approximate surface area is 194 Å². The number of aliphatic hydroxyl groups is 1. The van der Waals surface area contributed by atoms with Crippen LogP contribution >= 0.6 is 0 Å². The average Bonchev–Trinajstić information content (AvgIpc) is 3.19. The molecule has 0 aliphatic carbocycles. The third kappa shape index (κ3) is 4.01. The van der Waals surface area contributed by atoms with Crippen molar-refractivity contribution < 1.29 is 23.0 Å². The number of para-hydroxylation sites is 1. The van der Waals surface area contributed by atoms with Gasteiger partial charge in [-0.05, 0) is 37.6 Å². The molecule has 6 nitrogen and oxygen atoms in total. The summed E-state index contributed by atoms with van der Waals surface area (Å²) in [6, 6.07) is 16.7. The molecule has 9 heteroatoms. The fraction of sp³-hybridized carbons (Fsp3) is 0.280. The third-order valence-corrected chi connectivity index (χ3v) is 5.95. The highest BCUT2D eigenvalue weighted by Gasteiger charge is 2.35. The normalized spacial score (nSPS) is 18.3. The lowest BCUT2D eigenvalue weighted by Crippen LogP contribution is -2.33. The molecule has 176 valence electrons. The van der Waals surface area contributed by atoms with E-state index in [-0.39, 0.29) is 18.0 Å². The number of rotatable bonds is 5. The molecule has 0 spiro atoms. The van der Waals surface area contributed by atoms with Crippen molar-refractivity contribution in [3.05, 3.63) is 83.2 Å². The predicted molar refractivity (Wildman–Crippen MR) is 120 cm³/mol. The van der Waals surface area contributed by atoms with Crippen LogP contribution in [0.2, 0.25) is 0 Å². The number of hydrogen-bond acceptors (Lipinski definition) is 5. The number of hydrogen-bond donors (Lipinski definition) is 2. The van der Waals surface area contributed by atoms with Gasteiger partial charge >= 0.3 is 6.61 Å². The number of ether oxygens (including phenoxy) is 1. The fourth-order valence-electron chi connectivity index (χ4n) is 4.27. The van der Waals surface area contributed by atoms with Crippen LogP contribution in [-0.2, 0) is 5.60 Å². The molecule has 1 aliphatic rings. The van der Waals surface area contributed by atoms with Gasteiger partial charge in [0.15, 0.2) is 11.8 Å². The van der Waals surface area contributed by atoms with Crippen LogP contribution in [0.15, 0.2) is 60.7 Å². The van der Waals surface area contributed by atoms with Gasteiger partial charge < -0.3 is 15.2 Å². The first-order chi connectivity index (χ1) is 16.2. The number of imidazole rings is 1. The topological polar surface area (TPSA) is 71.7 Å². The first-order valence-corrected chi connectivity index (χ1v) is 10.9. The van der Waals surface area contributed by atoms with Crippen LogP contribution in [0.1, 0.15) is 48.6 Å². The third-order valence-electron chi connectivity index (χ3n) is 5.95. The minimum atomic E-state index is -2.99. The number of nitrogens with one attached hydrogen (secondary N) is 1. The van der Waals surface area contributed by atoms with Gasteiger partial charge in [-0.2, -0.15) is 13.9 Å². The minimum Gasteiger partial charge on any atom is -0.434 e. The maximum Gasteiger partial charge on any atom is 0.387 e. The van der Waals surface area contributed by atoms with E-state index in [0.29, 0.717) is 22.6 Å². The van der Waals surface area contributed by atoms with Crippen LogP contribution in [-0.4, -0.2) is 32.9 Å². The summed E-state index contributed by atoms with van der Waals surface area (Å²) in [6.07, 6.45) is -1.37. The zero-order valence-corrected chi connectivity index (χ0v) is 18.5. The first-order valence-electron chi connectivity index (χ1n) is 10.9. The minimum absolute atomic E-state index is 0.00608. The van der Waals surface area contributed by atoms with E-state index >= 15 is 0 Å². The van der Waals surface area contributed by atoms with Crippen molar-refractivity contribution in [3.63, 3.8) is 0 Å². The van der Waals surface area contributed by atoms with Crippen molar-refractivity contribution in [1.29, 1.82) is 0 Å². The summed E-state index contributed by atoms with van der Waals surface area (Å²) >= 11 is 0. The number of aromatic nitrogens is 3. The summed E-state index contributed by atoms with van der Waals surface area (Å²) in [4.78, 5) is 4.45. The number of benzene rings is 2. The molecule has 2 aromatic heterocycles. The van der Waals surface area contributed by atoms with Gasteiger partial charge in [0.1, 0.15) is 11.4 Å². The van der Waals surface area contributed by atoms with E-state index in [0.717, 1.165) is 11.1 Å². The van der Waals surface area contributed by atoms with Gasteiger partial charge in [-0.15, -0.1) is 0 Å². The molecular formula is C25H23F3N4O2. The van der Waals surface area contributed by atoms with Gasteiger partial charge in [-0.25, -0.2) is 13.9 Å². The Morgan fingerprint density at radius 2 is 1.82 bits per heavy atom. The maximum absolute atomic E-state index is 14.9. The summed E-state index contributed by atoms with van der Waals surface area (Å²) in [6.45, 7) is 0.410. The van der Waals surface area contributed by atoms with Crippen LogP contribution in [0.5, 0.6) is 5.75 Å². The lowest BCUT2D eigenvalue weighted by atomic mass is 9.96. The SMILES string of the molecule is CC(C)(O)c1ccc(-c2ccc3nc4c(n3n2)[C@@H](c2ccccc2OC(F)F)NC[C@H]4F)cc1. The number of alkyl halides is 3. The highest BCUT2D eigenvalue weighted by molar-refractivity contribution is 5.62. The maximum atomic E-state index is 14.9. The molecule has 0 saturated carbocycles. The van der Waals surface area contributed by atoms with E-state index in [1.165, 1.54) is 6.07 Å². The van der Waals surface area contributed by atoms with Crippen molar-refractivity contribution in [3.8, 4) is 17.0 Å². The van der Waals surface area contributed by atoms with Gasteiger partial charge in [0, 0.05) is 17.7 Å². The fourth-order valence-corrected chi connectivity index (χ4v) is 4.27. The zero-order chi connectivity index (χ0) is 24.0. The van der Waals surface area contributed by atoms with Gasteiger partial charge in [0.2, 0.25) is 0 Å². The second-order valence-corrected chi connectivity index (χ2v) is 8.73. The second-order valence-electron chi connectivity index (χ2n) is 8.73. The van der Waals surface area contributed by atoms with Gasteiger partial charge in [-0.3, -0.25) is 0 Å². The molecule has 0 saturated heterocycles. The summed E-state index contributed by atoms with van der Waals surface area (Å²) in [5.41, 5.74) is 2.76. The Morgan fingerprint density at radius 3 is 2.53 bits per heavy atom. The monoisotopic (exact) mass is 468 g/mol. The summed E-state index contributed by atoms with van der Waals surface area (Å²) < 4.78 is 47.2. The van der Waals surface area contributed by atoms with Crippen molar-refractivity contribution in [1.82, 2.24) is 19.9 Å². The zero-order valence-electron chi connectivity index (χ0n) is 18.5. The molecule has 0 fully saturated rings. The largest absolute Gasteiger partial charge is 0.434 e. The van der Waals surface area contributed by atoms with E-state index in [1.807, 2.05) is 24.3 Å². The Bertz CT molecular complexity index is 1330. The van der Waals surface area contributed by atoms with Crippen molar-refractivity contribution in [2.24, 2.45) is 0 Å². The first kappa shape index (κ1) is 22.4. The summed E-state index contributed by atoms with van der Waals surface area (Å²) in [5.74, 6) is 0.00608. The van der Waals surface area contributed by atoms with Crippen molar-refractivity contribution in [2.45, 2.75) is 38.3 Å². The molecule has 34 heavy (non-hydrogen) atoms. The average molecular weight is 468 g/mol. The molecule has 2 atom stereocenters. The van der Waals surface area contributed by atoms with E-state index in [1.54, 1.807) is 48.7 Å². The lowest BCUT2D eigenvalue weighted by Gasteiger charge is -2.27. The Morgan fingerprint density at radius 1 is 1.09 bits per heavy atom. The quantitative estimate of drug-likeness (QED) is 0.435. The van der Waals surface area contributed by atoms with Crippen LogP contribution in [0.4, 0.5) is 13.2 Å². The Hall–Kier alpha value is -3.43. The van der Waals surface area contributed by atoms with E-state index < -0.39 is 24.4 Å². The molecule has 1 aliphatic heterocycles. The molecule has 0 unspecified atom stereocenters. The van der Waals surface area contributed by atoms with Crippen molar-refractivity contribution >= 4 is 5.65 Å². The standard InChI is InChI=1S/C25H23F3N4O2/c1-25(2,33)15-9-7-14(8-10-15)18-11-12-20-30-22-17(26)13-29-21(23(22)32(20)31-18)16-5-3-4-6-19(16)34-24(27)28/h3-12,17,21,24,29,33H,13H2,1-2H3/t17-,21-/m1/s1. The smallest absolute Gasteiger partial charge is 0.387 e. The summed E-state index contributed by atoms with van der Waals surface area (Å²) in [5, 5.41) is 18.0. The molecule has 4 aromatic rings. The second kappa shape index (κ2) is 8.41. The molecule has 3 heterocycles. The van der Waals surface area contributed by atoms with Crippen molar-refractivity contribution in [2.75, 3.05) is 6.54 Å². The number of halogens is 3. The lowest BCUT2D eigenvalue weighted by molar-refractivity contribution is -0.0506. The number of nitrogens with zero attached hydrogens (tertiary/aromatic N) is 3. The highest BCUT2D eigenvalue weighted by Crippen LogP contribution is 2.38. The van der Waals surface area contributed by atoms with Crippen LogP contribution in [0.3, 0.4) is 0 Å². The van der Waals surface area contributed by atoms with Crippen LogP contribution < -0.4 is 10.1 Å². The molecule has 0 bridgehead atoms. The molecule has 5 rings (SSSR count). The summed E-state index contributed by atoms with van der Waals surface area (Å²) in [7, 11) is 0. The van der Waals surface area contributed by atoms with Gasteiger partial charge in [-0.1, -0.05) is 42.5 Å². The van der Waals surface area contributed by atoms with E-state index in [2.05, 4.69) is 10.3 Å². The Kier molecular flexibility index (Phi) is 5.53. The van der Waals surface area contributed by atoms with Gasteiger partial charge in [0.25, 0.3) is 0 Å². The molecular weight excluding hydrogens is 445 g/mol. The molecule has 2 aromatic carbocycles. The highest BCUT2D eigenvalue weighted by atomic mass is 19.3. The molecule has 2 N–H and O–H groups in total. The van der Waals surface area contributed by atoms with E-state index in [9.17, 15) is 18.3 Å². The molecule has 0 amide bonds. The van der Waals surface area contributed by atoms with Crippen LogP contribution in [0, 0.1) is 0 Å².